The van der Waals surface area contributed by atoms with E-state index in [2.05, 4.69) is 34.9 Å². The molecule has 3 amide bonds. The number of fused-ring (bicyclic) bond motifs is 3. The fourth-order valence-electron chi connectivity index (χ4n) is 8.38. The van der Waals surface area contributed by atoms with Gasteiger partial charge in [-0.25, -0.2) is 9.59 Å². The van der Waals surface area contributed by atoms with E-state index in [1.807, 2.05) is 157 Å². The third-order valence-electron chi connectivity index (χ3n) is 11.8. The molecule has 0 aliphatic heterocycles. The molecule has 312 valence electrons. The number of carbonyl (C=O) groups excluding carboxylic acids is 4. The van der Waals surface area contributed by atoms with Crippen molar-refractivity contribution < 1.29 is 28.7 Å². The minimum atomic E-state index is -1.34. The molecule has 9 nitrogen and oxygen atoms in total. The van der Waals surface area contributed by atoms with E-state index < -0.39 is 47.6 Å². The quantitative estimate of drug-likeness (QED) is 0.0760. The molecule has 0 unspecified atom stereocenters. The number of hydrogen-bond donors (Lipinski definition) is 2. The highest BCUT2D eigenvalue weighted by molar-refractivity contribution is 5.93. The molecule has 0 spiro atoms. The van der Waals surface area contributed by atoms with Crippen molar-refractivity contribution in [2.75, 3.05) is 13.7 Å². The van der Waals surface area contributed by atoms with Gasteiger partial charge in [0.05, 0.1) is 0 Å². The number of nitrogens with one attached hydrogen (secondary N) is 2. The first-order chi connectivity index (χ1) is 28.9. The zero-order chi connectivity index (χ0) is 43.0. The second-order valence-corrected chi connectivity index (χ2v) is 16.4. The molecule has 0 heterocycles. The Morgan fingerprint density at radius 2 is 1.07 bits per heavy atom. The number of nitrogens with zero attached hydrogens (tertiary/aromatic N) is 1. The number of hydrogen-bond acceptors (Lipinski definition) is 6. The van der Waals surface area contributed by atoms with Crippen LogP contribution in [0.3, 0.4) is 0 Å². The SMILES string of the molecule is CC[C@H](C)[C@H](NC(=O)OCC1c2ccccc2-c2ccccc21)C(=O)N(C)[C@H](C(=O)N[C@@H](C(=O)OC(c1ccccc1)(c1ccccc1)c1ccccc1)C(C)C)C(C)C. The number of benzene rings is 5. The lowest BCUT2D eigenvalue weighted by Gasteiger charge is -2.38. The number of ether oxygens (including phenoxy) is 2. The van der Waals surface area contributed by atoms with Crippen molar-refractivity contribution in [1.82, 2.24) is 15.5 Å². The fourth-order valence-corrected chi connectivity index (χ4v) is 8.38. The second kappa shape index (κ2) is 19.2. The molecule has 0 saturated heterocycles. The lowest BCUT2D eigenvalue weighted by molar-refractivity contribution is -0.159. The molecule has 0 radical (unpaired) electrons. The highest BCUT2D eigenvalue weighted by Crippen LogP contribution is 2.45. The van der Waals surface area contributed by atoms with Gasteiger partial charge in [0.2, 0.25) is 11.8 Å². The van der Waals surface area contributed by atoms with Gasteiger partial charge in [-0.05, 0) is 40.0 Å². The summed E-state index contributed by atoms with van der Waals surface area (Å²) in [6, 6.07) is 41.9. The molecule has 5 aromatic rings. The van der Waals surface area contributed by atoms with Gasteiger partial charge in [-0.2, -0.15) is 0 Å². The van der Waals surface area contributed by atoms with E-state index in [4.69, 9.17) is 9.47 Å². The molecule has 6 rings (SSSR count). The molecule has 9 heteroatoms. The molecule has 1 aliphatic carbocycles. The molecule has 0 fully saturated rings. The van der Waals surface area contributed by atoms with Crippen LogP contribution < -0.4 is 10.6 Å². The van der Waals surface area contributed by atoms with Gasteiger partial charge < -0.3 is 25.0 Å². The molecule has 1 aliphatic rings. The zero-order valence-corrected chi connectivity index (χ0v) is 35.6. The Bertz CT molecular complexity index is 2100. The van der Waals surface area contributed by atoms with Crippen molar-refractivity contribution in [1.29, 1.82) is 0 Å². The molecule has 0 bridgehead atoms. The number of amides is 3. The van der Waals surface area contributed by atoms with E-state index in [0.29, 0.717) is 6.42 Å². The van der Waals surface area contributed by atoms with E-state index in [9.17, 15) is 19.2 Å². The monoisotopic (exact) mass is 807 g/mol. The second-order valence-electron chi connectivity index (χ2n) is 16.4. The Morgan fingerprint density at radius 3 is 1.50 bits per heavy atom. The maximum atomic E-state index is 14.6. The number of carbonyl (C=O) groups is 4. The minimum absolute atomic E-state index is 0.0981. The number of likely N-dealkylation sites (N-methyl/N-ethyl adjacent to an activating group) is 1. The van der Waals surface area contributed by atoms with Crippen LogP contribution >= 0.6 is 0 Å². The Labute approximate surface area is 354 Å². The van der Waals surface area contributed by atoms with Crippen LogP contribution in [0.15, 0.2) is 140 Å². The van der Waals surface area contributed by atoms with Gasteiger partial charge in [0, 0.05) is 29.7 Å². The van der Waals surface area contributed by atoms with Gasteiger partial charge in [-0.3, -0.25) is 9.59 Å². The minimum Gasteiger partial charge on any atom is -0.449 e. The predicted molar refractivity (Wildman–Crippen MR) is 235 cm³/mol. The van der Waals surface area contributed by atoms with Crippen molar-refractivity contribution in [2.24, 2.45) is 17.8 Å². The fraction of sp³-hybridized carbons (Fsp3) is 0.333. The Balaban J connectivity index is 1.21. The number of alkyl carbamates (subject to hydrolysis) is 1. The van der Waals surface area contributed by atoms with Crippen molar-refractivity contribution in [3.05, 3.63) is 167 Å². The summed E-state index contributed by atoms with van der Waals surface area (Å²) in [5.41, 5.74) is 5.30. The molecule has 2 N–H and O–H groups in total. The molecule has 4 atom stereocenters. The summed E-state index contributed by atoms with van der Waals surface area (Å²) in [6.45, 7) is 11.3. The summed E-state index contributed by atoms with van der Waals surface area (Å²) in [7, 11) is 1.56. The molecular weight excluding hydrogens is 751 g/mol. The van der Waals surface area contributed by atoms with Gasteiger partial charge in [-0.1, -0.05) is 187 Å². The smallest absolute Gasteiger partial charge is 0.407 e. The summed E-state index contributed by atoms with van der Waals surface area (Å²) in [4.78, 5) is 58.4. The summed E-state index contributed by atoms with van der Waals surface area (Å²) < 4.78 is 12.5. The molecule has 5 aromatic carbocycles. The Hall–Kier alpha value is -6.22. The molecule has 0 aromatic heterocycles. The zero-order valence-electron chi connectivity index (χ0n) is 35.6. The largest absolute Gasteiger partial charge is 0.449 e. The van der Waals surface area contributed by atoms with Crippen molar-refractivity contribution >= 4 is 23.9 Å². The molecule has 60 heavy (non-hydrogen) atoms. The van der Waals surface area contributed by atoms with E-state index >= 15 is 0 Å². The van der Waals surface area contributed by atoms with Crippen LogP contribution in [0.2, 0.25) is 0 Å². The first kappa shape index (κ1) is 43.4. The average Bonchev–Trinajstić information content (AvgIpc) is 3.59. The van der Waals surface area contributed by atoms with E-state index in [1.54, 1.807) is 7.05 Å². The first-order valence-electron chi connectivity index (χ1n) is 21.0. The predicted octanol–water partition coefficient (Wildman–Crippen LogP) is 9.10. The van der Waals surface area contributed by atoms with Crippen LogP contribution in [-0.2, 0) is 29.5 Å². The average molecular weight is 808 g/mol. The first-order valence-corrected chi connectivity index (χ1v) is 21.0. The van der Waals surface area contributed by atoms with Gasteiger partial charge in [0.1, 0.15) is 24.7 Å². The van der Waals surface area contributed by atoms with Gasteiger partial charge in [0.25, 0.3) is 0 Å². The van der Waals surface area contributed by atoms with Gasteiger partial charge >= 0.3 is 12.1 Å². The third-order valence-corrected chi connectivity index (χ3v) is 11.8. The Kier molecular flexibility index (Phi) is 13.9. The van der Waals surface area contributed by atoms with Gasteiger partial charge in [-0.15, -0.1) is 0 Å². The maximum absolute atomic E-state index is 14.6. The number of rotatable bonds is 16. The van der Waals surface area contributed by atoms with Crippen molar-refractivity contribution in [2.45, 2.75) is 77.6 Å². The highest BCUT2D eigenvalue weighted by Gasteiger charge is 2.44. The van der Waals surface area contributed by atoms with Crippen LogP contribution in [0, 0.1) is 17.8 Å². The lowest BCUT2D eigenvalue weighted by atomic mass is 9.80. The summed E-state index contributed by atoms with van der Waals surface area (Å²) in [6.07, 6.45) is -0.129. The van der Waals surface area contributed by atoms with E-state index in [-0.39, 0.29) is 30.3 Å². The lowest BCUT2D eigenvalue weighted by Crippen LogP contribution is -2.60. The highest BCUT2D eigenvalue weighted by atomic mass is 16.6. The summed E-state index contributed by atoms with van der Waals surface area (Å²) in [5.74, 6) is -2.73. The van der Waals surface area contributed by atoms with E-state index in [0.717, 1.165) is 38.9 Å². The topological polar surface area (TPSA) is 114 Å². The normalized spacial score (nSPS) is 14.3. The van der Waals surface area contributed by atoms with Crippen LogP contribution in [0.5, 0.6) is 0 Å². The van der Waals surface area contributed by atoms with E-state index in [1.165, 1.54) is 4.90 Å². The van der Waals surface area contributed by atoms with Crippen LogP contribution in [0.4, 0.5) is 4.79 Å². The molecular formula is C51H57N3O6. The van der Waals surface area contributed by atoms with Crippen LogP contribution in [-0.4, -0.2) is 60.6 Å². The maximum Gasteiger partial charge on any atom is 0.407 e. The van der Waals surface area contributed by atoms with Crippen molar-refractivity contribution in [3.8, 4) is 11.1 Å². The van der Waals surface area contributed by atoms with Crippen LogP contribution in [0.25, 0.3) is 11.1 Å². The van der Waals surface area contributed by atoms with Gasteiger partial charge in [0.15, 0.2) is 5.60 Å². The molecule has 0 saturated carbocycles. The van der Waals surface area contributed by atoms with Crippen molar-refractivity contribution in [3.63, 3.8) is 0 Å². The van der Waals surface area contributed by atoms with Crippen LogP contribution in [0.1, 0.15) is 81.7 Å². The third kappa shape index (κ3) is 9.00. The standard InChI is InChI=1S/C51H57N3O6/c1-8-35(6)45(53-50(58)59-32-43-41-30-20-18-28-39(41)40-29-19-21-31-42(40)43)48(56)54(7)46(34(4)5)47(55)52-44(33(2)3)49(57)60-51(36-22-12-9-13-23-36,37-24-14-10-15-25-37)38-26-16-11-17-27-38/h9-31,33-35,43-46H,8,32H2,1-7H3,(H,52,55)(H,53,58)/t35-,44+,45-,46-/m0/s1. The summed E-state index contributed by atoms with van der Waals surface area (Å²) in [5, 5.41) is 5.83. The Morgan fingerprint density at radius 1 is 0.617 bits per heavy atom. The number of esters is 1. The summed E-state index contributed by atoms with van der Waals surface area (Å²) >= 11 is 0.